The van der Waals surface area contributed by atoms with Crippen molar-refractivity contribution in [3.63, 3.8) is 0 Å². The summed E-state index contributed by atoms with van der Waals surface area (Å²) >= 11 is 3.27. The maximum Gasteiger partial charge on any atom is 0.239 e. The zero-order valence-electron chi connectivity index (χ0n) is 11.8. The summed E-state index contributed by atoms with van der Waals surface area (Å²) in [5.41, 5.74) is 6.08. The molecule has 0 radical (unpaired) electrons. The maximum atomic E-state index is 13.1. The second kappa shape index (κ2) is 8.34. The molecule has 1 rings (SSSR count). The summed E-state index contributed by atoms with van der Waals surface area (Å²) in [6.45, 7) is 7.56. The fourth-order valence-electron chi connectivity index (χ4n) is 2.01. The lowest BCUT2D eigenvalue weighted by Crippen LogP contribution is -2.39. The van der Waals surface area contributed by atoms with Crippen LogP contribution in [-0.4, -0.2) is 37.0 Å². The number of carbonyl (C=O) groups excluding carboxylic acids is 1. The van der Waals surface area contributed by atoms with Gasteiger partial charge in [-0.2, -0.15) is 0 Å². The molecule has 3 N–H and O–H groups in total. The molecule has 0 heterocycles. The van der Waals surface area contributed by atoms with E-state index in [4.69, 9.17) is 5.73 Å². The number of amides is 1. The highest BCUT2D eigenvalue weighted by Gasteiger charge is 2.20. The monoisotopic (exact) mass is 345 g/mol. The average molecular weight is 346 g/mol. The SMILES string of the molecule is CCN(CC)CCNC(C(N)=O)c1ccc(F)cc1Br. The average Bonchev–Trinajstić information content (AvgIpc) is 2.40. The molecule has 0 aliphatic rings. The van der Waals surface area contributed by atoms with Gasteiger partial charge in [0.25, 0.3) is 0 Å². The number of carbonyl (C=O) groups is 1. The Morgan fingerprint density at radius 1 is 1.45 bits per heavy atom. The number of likely N-dealkylation sites (N-methyl/N-ethyl adjacent to an activating group) is 1. The zero-order valence-corrected chi connectivity index (χ0v) is 13.4. The highest BCUT2D eigenvalue weighted by atomic mass is 79.9. The van der Waals surface area contributed by atoms with Crippen LogP contribution in [0.5, 0.6) is 0 Å². The number of primary amides is 1. The van der Waals surface area contributed by atoms with E-state index in [-0.39, 0.29) is 5.82 Å². The van der Waals surface area contributed by atoms with Crippen molar-refractivity contribution in [2.45, 2.75) is 19.9 Å². The Morgan fingerprint density at radius 2 is 2.10 bits per heavy atom. The van der Waals surface area contributed by atoms with E-state index in [1.165, 1.54) is 12.1 Å². The van der Waals surface area contributed by atoms with Crippen LogP contribution in [0.25, 0.3) is 0 Å². The topological polar surface area (TPSA) is 58.4 Å². The number of hydrogen-bond acceptors (Lipinski definition) is 3. The molecule has 0 spiro atoms. The van der Waals surface area contributed by atoms with E-state index in [2.05, 4.69) is 40.0 Å². The first-order valence-electron chi connectivity index (χ1n) is 6.69. The minimum absolute atomic E-state index is 0.355. The molecule has 0 bridgehead atoms. The van der Waals surface area contributed by atoms with Gasteiger partial charge in [-0.3, -0.25) is 4.79 Å². The Morgan fingerprint density at radius 3 is 2.60 bits per heavy atom. The Hall–Kier alpha value is -0.980. The Kier molecular flexibility index (Phi) is 7.12. The molecule has 1 aromatic rings. The number of rotatable bonds is 8. The van der Waals surface area contributed by atoms with Crippen molar-refractivity contribution in [3.8, 4) is 0 Å². The lowest BCUT2D eigenvalue weighted by Gasteiger charge is -2.21. The van der Waals surface area contributed by atoms with E-state index >= 15 is 0 Å². The van der Waals surface area contributed by atoms with Gasteiger partial charge in [-0.1, -0.05) is 35.8 Å². The first-order valence-corrected chi connectivity index (χ1v) is 7.48. The van der Waals surface area contributed by atoms with Crippen molar-refractivity contribution >= 4 is 21.8 Å². The molecular formula is C14H21BrFN3O. The molecule has 1 amide bonds. The molecule has 4 nitrogen and oxygen atoms in total. The van der Waals surface area contributed by atoms with E-state index in [0.717, 1.165) is 19.6 Å². The number of nitrogens with one attached hydrogen (secondary N) is 1. The minimum atomic E-state index is -0.625. The molecular weight excluding hydrogens is 325 g/mol. The van der Waals surface area contributed by atoms with Crippen LogP contribution in [0.3, 0.4) is 0 Å². The number of nitrogens with zero attached hydrogens (tertiary/aromatic N) is 1. The van der Waals surface area contributed by atoms with Gasteiger partial charge in [0.05, 0.1) is 0 Å². The summed E-state index contributed by atoms with van der Waals surface area (Å²) in [4.78, 5) is 13.8. The Bertz CT molecular complexity index is 452. The number of benzene rings is 1. The molecule has 0 fully saturated rings. The van der Waals surface area contributed by atoms with Crippen LogP contribution in [0.15, 0.2) is 22.7 Å². The minimum Gasteiger partial charge on any atom is -0.368 e. The smallest absolute Gasteiger partial charge is 0.239 e. The number of hydrogen-bond donors (Lipinski definition) is 2. The maximum absolute atomic E-state index is 13.1. The van der Waals surface area contributed by atoms with Crippen molar-refractivity contribution in [1.82, 2.24) is 10.2 Å². The normalized spacial score (nSPS) is 12.7. The van der Waals surface area contributed by atoms with Crippen LogP contribution in [0, 0.1) is 5.82 Å². The molecule has 1 aromatic carbocycles. The van der Waals surface area contributed by atoms with Crippen molar-refractivity contribution < 1.29 is 9.18 Å². The molecule has 0 saturated carbocycles. The van der Waals surface area contributed by atoms with Gasteiger partial charge in [-0.05, 0) is 30.8 Å². The van der Waals surface area contributed by atoms with Crippen LogP contribution in [0.1, 0.15) is 25.5 Å². The van der Waals surface area contributed by atoms with E-state index in [0.29, 0.717) is 16.6 Å². The first-order chi connectivity index (χ1) is 9.49. The molecule has 0 saturated heterocycles. The zero-order chi connectivity index (χ0) is 15.1. The predicted molar refractivity (Wildman–Crippen MR) is 81.8 cm³/mol. The Balaban J connectivity index is 2.72. The summed E-state index contributed by atoms with van der Waals surface area (Å²) in [6, 6.07) is 3.60. The molecule has 1 atom stereocenters. The van der Waals surface area contributed by atoms with Crippen molar-refractivity contribution in [1.29, 1.82) is 0 Å². The van der Waals surface area contributed by atoms with E-state index < -0.39 is 11.9 Å². The summed E-state index contributed by atoms with van der Waals surface area (Å²) < 4.78 is 13.6. The van der Waals surface area contributed by atoms with Gasteiger partial charge in [0.15, 0.2) is 0 Å². The fraction of sp³-hybridized carbons (Fsp3) is 0.500. The molecule has 20 heavy (non-hydrogen) atoms. The van der Waals surface area contributed by atoms with Gasteiger partial charge in [0.2, 0.25) is 5.91 Å². The molecule has 1 unspecified atom stereocenters. The summed E-state index contributed by atoms with van der Waals surface area (Å²) in [6.07, 6.45) is 0. The van der Waals surface area contributed by atoms with Crippen molar-refractivity contribution in [2.75, 3.05) is 26.2 Å². The summed E-state index contributed by atoms with van der Waals surface area (Å²) in [5.74, 6) is -0.830. The first kappa shape index (κ1) is 17.1. The van der Waals surface area contributed by atoms with Gasteiger partial charge in [0, 0.05) is 17.6 Å². The van der Waals surface area contributed by atoms with Gasteiger partial charge in [-0.15, -0.1) is 0 Å². The van der Waals surface area contributed by atoms with Crippen molar-refractivity contribution in [3.05, 3.63) is 34.1 Å². The quantitative estimate of drug-likeness (QED) is 0.758. The lowest BCUT2D eigenvalue weighted by molar-refractivity contribution is -0.120. The molecule has 0 aromatic heterocycles. The third-order valence-corrected chi connectivity index (χ3v) is 3.92. The highest BCUT2D eigenvalue weighted by molar-refractivity contribution is 9.10. The van der Waals surface area contributed by atoms with Gasteiger partial charge in [0.1, 0.15) is 11.9 Å². The molecule has 112 valence electrons. The van der Waals surface area contributed by atoms with E-state index in [9.17, 15) is 9.18 Å². The third kappa shape index (κ3) is 4.85. The number of halogens is 2. The van der Waals surface area contributed by atoms with Crippen LogP contribution in [-0.2, 0) is 4.79 Å². The summed E-state index contributed by atoms with van der Waals surface area (Å²) in [7, 11) is 0. The van der Waals surface area contributed by atoms with E-state index in [1.807, 2.05) is 0 Å². The van der Waals surface area contributed by atoms with Crippen LogP contribution in [0.2, 0.25) is 0 Å². The largest absolute Gasteiger partial charge is 0.368 e. The number of nitrogens with two attached hydrogens (primary N) is 1. The predicted octanol–water partition coefficient (Wildman–Crippen LogP) is 2.05. The summed E-state index contributed by atoms with van der Waals surface area (Å²) in [5, 5.41) is 3.13. The third-order valence-electron chi connectivity index (χ3n) is 3.23. The Labute approximate surface area is 127 Å². The standard InChI is InChI=1S/C14H21BrFN3O/c1-3-19(4-2)8-7-18-13(14(17)20)11-6-5-10(16)9-12(11)15/h5-6,9,13,18H,3-4,7-8H2,1-2H3,(H2,17,20). The van der Waals surface area contributed by atoms with Gasteiger partial charge < -0.3 is 16.0 Å². The lowest BCUT2D eigenvalue weighted by atomic mass is 10.1. The highest BCUT2D eigenvalue weighted by Crippen LogP contribution is 2.24. The fourth-order valence-corrected chi connectivity index (χ4v) is 2.59. The van der Waals surface area contributed by atoms with Crippen LogP contribution < -0.4 is 11.1 Å². The second-order valence-electron chi connectivity index (χ2n) is 4.48. The van der Waals surface area contributed by atoms with Crippen LogP contribution in [0.4, 0.5) is 4.39 Å². The molecule has 0 aliphatic carbocycles. The van der Waals surface area contributed by atoms with Crippen LogP contribution >= 0.6 is 15.9 Å². The van der Waals surface area contributed by atoms with E-state index in [1.54, 1.807) is 6.07 Å². The van der Waals surface area contributed by atoms with Crippen molar-refractivity contribution in [2.24, 2.45) is 5.73 Å². The second-order valence-corrected chi connectivity index (χ2v) is 5.34. The van der Waals surface area contributed by atoms with Gasteiger partial charge >= 0.3 is 0 Å². The molecule has 6 heteroatoms. The van der Waals surface area contributed by atoms with Gasteiger partial charge in [-0.25, -0.2) is 4.39 Å². The molecule has 0 aliphatic heterocycles.